The first kappa shape index (κ1) is 15.8. The second-order valence-electron chi connectivity index (χ2n) is 5.37. The Kier molecular flexibility index (Phi) is 4.28. The maximum absolute atomic E-state index is 12.8. The third kappa shape index (κ3) is 2.92. The number of carbonyl (C=O) groups is 1. The minimum absolute atomic E-state index is 0.307. The standard InChI is InChI=1S/C17H16BrN3O2/c1-2-15-11-17(23,13-3-5-14(18)6-4-13)21(20-15)16(22)12-7-9-19-10-8-12/h3-10,23H,2,11H2,1H3/t17-/m0/s1. The van der Waals surface area contributed by atoms with Crippen molar-refractivity contribution in [3.8, 4) is 0 Å². The van der Waals surface area contributed by atoms with Crippen LogP contribution in [0.5, 0.6) is 0 Å². The molecule has 1 aliphatic heterocycles. The zero-order valence-electron chi connectivity index (χ0n) is 12.6. The highest BCUT2D eigenvalue weighted by atomic mass is 79.9. The fraction of sp³-hybridized carbons (Fsp3) is 0.235. The number of carbonyl (C=O) groups excluding carboxylic acids is 1. The van der Waals surface area contributed by atoms with Gasteiger partial charge in [-0.1, -0.05) is 35.0 Å². The summed E-state index contributed by atoms with van der Waals surface area (Å²) < 4.78 is 0.909. The first-order valence-electron chi connectivity index (χ1n) is 7.34. The number of hydrogen-bond donors (Lipinski definition) is 1. The summed E-state index contributed by atoms with van der Waals surface area (Å²) in [5.74, 6) is -0.346. The van der Waals surface area contributed by atoms with E-state index in [1.807, 2.05) is 19.1 Å². The number of hydrogen-bond acceptors (Lipinski definition) is 4. The molecule has 1 aromatic heterocycles. The van der Waals surface area contributed by atoms with E-state index in [4.69, 9.17) is 0 Å². The Morgan fingerprint density at radius 1 is 1.26 bits per heavy atom. The Labute approximate surface area is 142 Å². The molecule has 2 aromatic rings. The summed E-state index contributed by atoms with van der Waals surface area (Å²) in [5.41, 5.74) is 0.400. The lowest BCUT2D eigenvalue weighted by Crippen LogP contribution is -2.43. The van der Waals surface area contributed by atoms with Gasteiger partial charge < -0.3 is 5.11 Å². The van der Waals surface area contributed by atoms with E-state index in [1.165, 1.54) is 5.01 Å². The van der Waals surface area contributed by atoms with Crippen molar-refractivity contribution in [3.63, 3.8) is 0 Å². The van der Waals surface area contributed by atoms with E-state index in [1.54, 1.807) is 36.7 Å². The summed E-state index contributed by atoms with van der Waals surface area (Å²) in [6.45, 7) is 1.96. The summed E-state index contributed by atoms with van der Waals surface area (Å²) in [4.78, 5) is 16.7. The van der Waals surface area contributed by atoms with Crippen LogP contribution in [0.2, 0.25) is 0 Å². The van der Waals surface area contributed by atoms with Crippen LogP contribution in [0.3, 0.4) is 0 Å². The van der Waals surface area contributed by atoms with Gasteiger partial charge in [-0.05, 0) is 30.7 Å². The minimum atomic E-state index is -1.47. The lowest BCUT2D eigenvalue weighted by molar-refractivity contribution is -0.0765. The van der Waals surface area contributed by atoms with E-state index in [0.29, 0.717) is 24.0 Å². The maximum Gasteiger partial charge on any atom is 0.277 e. The van der Waals surface area contributed by atoms with Gasteiger partial charge in [0.05, 0.1) is 0 Å². The zero-order valence-corrected chi connectivity index (χ0v) is 14.2. The molecule has 23 heavy (non-hydrogen) atoms. The molecule has 1 amide bonds. The average Bonchev–Trinajstić information content (AvgIpc) is 2.93. The van der Waals surface area contributed by atoms with Gasteiger partial charge in [0.1, 0.15) is 0 Å². The molecule has 0 aliphatic carbocycles. The highest BCUT2D eigenvalue weighted by Gasteiger charge is 2.45. The van der Waals surface area contributed by atoms with Crippen LogP contribution in [0, 0.1) is 0 Å². The molecule has 2 heterocycles. The van der Waals surface area contributed by atoms with Gasteiger partial charge in [0.2, 0.25) is 0 Å². The van der Waals surface area contributed by atoms with Crippen LogP contribution in [0.15, 0.2) is 58.4 Å². The van der Waals surface area contributed by atoms with E-state index in [-0.39, 0.29) is 5.91 Å². The van der Waals surface area contributed by atoms with Gasteiger partial charge in [0, 0.05) is 40.1 Å². The molecule has 3 rings (SSSR count). The highest BCUT2D eigenvalue weighted by Crippen LogP contribution is 2.37. The number of nitrogens with zero attached hydrogens (tertiary/aromatic N) is 3. The molecule has 0 radical (unpaired) electrons. The normalized spacial score (nSPS) is 20.5. The first-order valence-corrected chi connectivity index (χ1v) is 8.13. The van der Waals surface area contributed by atoms with Crippen molar-refractivity contribution in [2.24, 2.45) is 5.10 Å². The summed E-state index contributed by atoms with van der Waals surface area (Å²) in [5, 5.41) is 16.7. The number of pyridine rings is 1. The van der Waals surface area contributed by atoms with Crippen molar-refractivity contribution in [2.75, 3.05) is 0 Å². The average molecular weight is 374 g/mol. The summed E-state index contributed by atoms with van der Waals surface area (Å²) >= 11 is 3.38. The largest absolute Gasteiger partial charge is 0.365 e. The van der Waals surface area contributed by atoms with E-state index < -0.39 is 5.72 Å². The Morgan fingerprint density at radius 2 is 1.91 bits per heavy atom. The monoisotopic (exact) mass is 373 g/mol. The van der Waals surface area contributed by atoms with Crippen LogP contribution in [-0.4, -0.2) is 26.7 Å². The van der Waals surface area contributed by atoms with E-state index in [0.717, 1.165) is 10.2 Å². The summed E-state index contributed by atoms with van der Waals surface area (Å²) in [6, 6.07) is 10.5. The lowest BCUT2D eigenvalue weighted by atomic mass is 9.96. The topological polar surface area (TPSA) is 65.8 Å². The molecule has 1 aromatic carbocycles. The molecule has 1 N–H and O–H groups in total. The number of rotatable bonds is 3. The fourth-order valence-electron chi connectivity index (χ4n) is 2.59. The van der Waals surface area contributed by atoms with Gasteiger partial charge in [-0.3, -0.25) is 9.78 Å². The Balaban J connectivity index is 2.02. The van der Waals surface area contributed by atoms with Crippen molar-refractivity contribution in [1.29, 1.82) is 0 Å². The molecule has 0 unspecified atom stereocenters. The third-order valence-corrected chi connectivity index (χ3v) is 4.41. The van der Waals surface area contributed by atoms with Crippen LogP contribution in [0.1, 0.15) is 35.7 Å². The molecular weight excluding hydrogens is 358 g/mol. The first-order chi connectivity index (χ1) is 11.0. The Hall–Kier alpha value is -2.05. The van der Waals surface area contributed by atoms with Crippen LogP contribution in [0.25, 0.3) is 0 Å². The second kappa shape index (κ2) is 6.22. The predicted molar refractivity (Wildman–Crippen MR) is 90.8 cm³/mol. The van der Waals surface area contributed by atoms with Crippen LogP contribution in [-0.2, 0) is 5.72 Å². The van der Waals surface area contributed by atoms with Gasteiger partial charge in [0.25, 0.3) is 5.91 Å². The van der Waals surface area contributed by atoms with Gasteiger partial charge in [-0.25, -0.2) is 0 Å². The second-order valence-corrected chi connectivity index (χ2v) is 6.29. The fourth-order valence-corrected chi connectivity index (χ4v) is 2.85. The Morgan fingerprint density at radius 3 is 2.52 bits per heavy atom. The molecule has 0 bridgehead atoms. The number of aromatic nitrogens is 1. The molecule has 5 nitrogen and oxygen atoms in total. The number of hydrazone groups is 1. The van der Waals surface area contributed by atoms with Gasteiger partial charge in [-0.15, -0.1) is 0 Å². The van der Waals surface area contributed by atoms with E-state index in [2.05, 4.69) is 26.0 Å². The quantitative estimate of drug-likeness (QED) is 0.897. The summed E-state index contributed by atoms with van der Waals surface area (Å²) in [7, 11) is 0. The van der Waals surface area contributed by atoms with E-state index >= 15 is 0 Å². The number of benzene rings is 1. The van der Waals surface area contributed by atoms with E-state index in [9.17, 15) is 9.90 Å². The van der Waals surface area contributed by atoms with Crippen molar-refractivity contribution < 1.29 is 9.90 Å². The van der Waals surface area contributed by atoms with Crippen LogP contribution < -0.4 is 0 Å². The van der Waals surface area contributed by atoms with Crippen LogP contribution >= 0.6 is 15.9 Å². The van der Waals surface area contributed by atoms with Gasteiger partial charge in [-0.2, -0.15) is 10.1 Å². The van der Waals surface area contributed by atoms with Gasteiger partial charge in [0.15, 0.2) is 5.72 Å². The highest BCUT2D eigenvalue weighted by molar-refractivity contribution is 9.10. The zero-order chi connectivity index (χ0) is 16.4. The smallest absolute Gasteiger partial charge is 0.277 e. The van der Waals surface area contributed by atoms with Crippen molar-refractivity contribution >= 4 is 27.5 Å². The molecule has 1 aliphatic rings. The molecule has 6 heteroatoms. The molecule has 0 fully saturated rings. The minimum Gasteiger partial charge on any atom is -0.365 e. The maximum atomic E-state index is 12.8. The Bertz CT molecular complexity index is 746. The van der Waals surface area contributed by atoms with Crippen molar-refractivity contribution in [3.05, 3.63) is 64.4 Å². The molecule has 0 spiro atoms. The molecular formula is C17H16BrN3O2. The lowest BCUT2D eigenvalue weighted by Gasteiger charge is -2.31. The number of aliphatic hydroxyl groups is 1. The van der Waals surface area contributed by atoms with Crippen molar-refractivity contribution in [2.45, 2.75) is 25.5 Å². The molecule has 0 saturated heterocycles. The summed E-state index contributed by atoms with van der Waals surface area (Å²) in [6.07, 6.45) is 4.08. The number of amides is 1. The predicted octanol–water partition coefficient (Wildman–Crippen LogP) is 3.30. The van der Waals surface area contributed by atoms with Crippen LogP contribution in [0.4, 0.5) is 0 Å². The van der Waals surface area contributed by atoms with Crippen molar-refractivity contribution in [1.82, 2.24) is 9.99 Å². The number of halogens is 1. The molecule has 1 atom stereocenters. The van der Waals surface area contributed by atoms with Gasteiger partial charge >= 0.3 is 0 Å². The third-order valence-electron chi connectivity index (χ3n) is 3.88. The molecule has 118 valence electrons. The SMILES string of the molecule is CCC1=NN(C(=O)c2ccncc2)[C@@](O)(c2ccc(Br)cc2)C1. The molecule has 0 saturated carbocycles.